The molecule has 0 radical (unpaired) electrons. The number of benzene rings is 2. The van der Waals surface area contributed by atoms with E-state index in [1.54, 1.807) is 12.1 Å². The average Bonchev–Trinajstić information content (AvgIpc) is 3.19. The molecule has 1 amide bonds. The number of carbonyl (C=O) groups is 1. The van der Waals surface area contributed by atoms with Gasteiger partial charge in [0.25, 0.3) is 10.0 Å². The van der Waals surface area contributed by atoms with Crippen LogP contribution in [0.2, 0.25) is 0 Å². The zero-order valence-corrected chi connectivity index (χ0v) is 18.9. The van der Waals surface area contributed by atoms with Gasteiger partial charge in [0.05, 0.1) is 3.79 Å². The summed E-state index contributed by atoms with van der Waals surface area (Å²) in [5, 5.41) is 5.33. The van der Waals surface area contributed by atoms with Crippen LogP contribution < -0.4 is 5.32 Å². The molecule has 8 heteroatoms. The predicted octanol–water partition coefficient (Wildman–Crippen LogP) is 4.38. The van der Waals surface area contributed by atoms with Crippen LogP contribution in [0.1, 0.15) is 18.4 Å². The lowest BCUT2D eigenvalue weighted by atomic mass is 9.97. The number of nitrogens with one attached hydrogen (secondary N) is 1. The molecular weight excluding hydrogens is 472 g/mol. The highest BCUT2D eigenvalue weighted by molar-refractivity contribution is 9.11. The molecule has 0 saturated carbocycles. The monoisotopic (exact) mass is 492 g/mol. The van der Waals surface area contributed by atoms with Crippen molar-refractivity contribution in [3.8, 4) is 0 Å². The van der Waals surface area contributed by atoms with E-state index in [4.69, 9.17) is 0 Å². The summed E-state index contributed by atoms with van der Waals surface area (Å²) in [6, 6.07) is 17.6. The normalized spacial score (nSPS) is 16.2. The minimum absolute atomic E-state index is 0.00569. The van der Waals surface area contributed by atoms with Gasteiger partial charge in [-0.1, -0.05) is 42.5 Å². The molecule has 2 heterocycles. The lowest BCUT2D eigenvalue weighted by molar-refractivity contribution is -0.126. The highest BCUT2D eigenvalue weighted by Gasteiger charge is 2.32. The maximum Gasteiger partial charge on any atom is 0.252 e. The number of carbonyl (C=O) groups excluding carboxylic acids is 1. The average molecular weight is 493 g/mol. The van der Waals surface area contributed by atoms with E-state index in [1.165, 1.54) is 15.6 Å². The number of fused-ring (bicyclic) bond motifs is 1. The Morgan fingerprint density at radius 1 is 1.07 bits per heavy atom. The molecule has 1 aliphatic rings. The molecule has 0 spiro atoms. The fraction of sp³-hybridized carbons (Fsp3) is 0.286. The molecule has 5 nitrogen and oxygen atoms in total. The standard InChI is InChI=1S/C21H21BrN2O3S2/c22-19-8-9-20(28-19)29(26,27)24-12-10-16(11-13-24)21(25)23-14-17-6-3-5-15-4-1-2-7-18(15)17/h1-9,16H,10-14H2,(H,23,25). The van der Waals surface area contributed by atoms with Gasteiger partial charge in [-0.15, -0.1) is 11.3 Å². The van der Waals surface area contributed by atoms with Crippen LogP contribution in [-0.2, 0) is 21.4 Å². The van der Waals surface area contributed by atoms with E-state index in [0.717, 1.165) is 20.1 Å². The smallest absolute Gasteiger partial charge is 0.252 e. The summed E-state index contributed by atoms with van der Waals surface area (Å²) in [7, 11) is -3.48. The van der Waals surface area contributed by atoms with Crippen molar-refractivity contribution in [2.75, 3.05) is 13.1 Å². The summed E-state index contributed by atoms with van der Waals surface area (Å²) < 4.78 is 28.1. The topological polar surface area (TPSA) is 66.5 Å². The van der Waals surface area contributed by atoms with Crippen LogP contribution in [0.15, 0.2) is 62.6 Å². The van der Waals surface area contributed by atoms with Crippen molar-refractivity contribution in [3.63, 3.8) is 0 Å². The zero-order valence-electron chi connectivity index (χ0n) is 15.7. The van der Waals surface area contributed by atoms with Crippen molar-refractivity contribution in [1.29, 1.82) is 0 Å². The van der Waals surface area contributed by atoms with Crippen molar-refractivity contribution >= 4 is 54.0 Å². The van der Waals surface area contributed by atoms with E-state index >= 15 is 0 Å². The van der Waals surface area contributed by atoms with Crippen molar-refractivity contribution in [3.05, 3.63) is 63.9 Å². The van der Waals surface area contributed by atoms with Gasteiger partial charge in [-0.3, -0.25) is 4.79 Å². The van der Waals surface area contributed by atoms with E-state index in [2.05, 4.69) is 39.4 Å². The molecule has 0 aliphatic carbocycles. The third kappa shape index (κ3) is 4.40. The van der Waals surface area contributed by atoms with Crippen LogP contribution in [-0.4, -0.2) is 31.7 Å². The van der Waals surface area contributed by atoms with Gasteiger partial charge in [-0.05, 0) is 57.2 Å². The number of hydrogen-bond donors (Lipinski definition) is 1. The number of halogens is 1. The predicted molar refractivity (Wildman–Crippen MR) is 119 cm³/mol. The Kier molecular flexibility index (Phi) is 6.06. The number of thiophene rings is 1. The first-order chi connectivity index (χ1) is 13.9. The highest BCUT2D eigenvalue weighted by Crippen LogP contribution is 2.31. The van der Waals surface area contributed by atoms with Gasteiger partial charge in [0, 0.05) is 25.6 Å². The largest absolute Gasteiger partial charge is 0.352 e. The van der Waals surface area contributed by atoms with Gasteiger partial charge in [0.15, 0.2) is 0 Å². The maximum atomic E-state index is 12.7. The lowest BCUT2D eigenvalue weighted by Gasteiger charge is -2.30. The number of rotatable bonds is 5. The lowest BCUT2D eigenvalue weighted by Crippen LogP contribution is -2.42. The first kappa shape index (κ1) is 20.5. The molecule has 3 aromatic rings. The number of sulfonamides is 1. The molecule has 1 saturated heterocycles. The van der Waals surface area contributed by atoms with E-state index in [0.29, 0.717) is 36.7 Å². The first-order valence-corrected chi connectivity index (χ1v) is 12.5. The number of nitrogens with zero attached hydrogens (tertiary/aromatic N) is 1. The number of piperidine rings is 1. The van der Waals surface area contributed by atoms with E-state index in [1.807, 2.05) is 24.3 Å². The Labute approximate surface area is 182 Å². The molecule has 0 bridgehead atoms. The first-order valence-electron chi connectivity index (χ1n) is 9.45. The third-order valence-electron chi connectivity index (χ3n) is 5.30. The second kappa shape index (κ2) is 8.55. The van der Waals surface area contributed by atoms with E-state index < -0.39 is 10.0 Å². The van der Waals surface area contributed by atoms with Gasteiger partial charge < -0.3 is 5.32 Å². The van der Waals surface area contributed by atoms with Crippen LogP contribution in [0.4, 0.5) is 0 Å². The van der Waals surface area contributed by atoms with Crippen molar-refractivity contribution in [2.24, 2.45) is 5.92 Å². The molecular formula is C21H21BrN2O3S2. The summed E-state index contributed by atoms with van der Waals surface area (Å²) in [6.07, 6.45) is 1.07. The van der Waals surface area contributed by atoms with Crippen molar-refractivity contribution in [2.45, 2.75) is 23.6 Å². The van der Waals surface area contributed by atoms with Gasteiger partial charge in [0.1, 0.15) is 4.21 Å². The SMILES string of the molecule is O=C(NCc1cccc2ccccc12)C1CCN(S(=O)(=O)c2ccc(Br)s2)CC1. The second-order valence-electron chi connectivity index (χ2n) is 7.09. The van der Waals surface area contributed by atoms with Gasteiger partial charge in [-0.2, -0.15) is 4.31 Å². The fourth-order valence-electron chi connectivity index (χ4n) is 3.70. The van der Waals surface area contributed by atoms with Gasteiger partial charge >= 0.3 is 0 Å². The van der Waals surface area contributed by atoms with Crippen LogP contribution in [0.25, 0.3) is 10.8 Å². The second-order valence-corrected chi connectivity index (χ2v) is 11.7. The van der Waals surface area contributed by atoms with Crippen LogP contribution >= 0.6 is 27.3 Å². The minimum Gasteiger partial charge on any atom is -0.352 e. The highest BCUT2D eigenvalue weighted by atomic mass is 79.9. The quantitative estimate of drug-likeness (QED) is 0.574. The third-order valence-corrected chi connectivity index (χ3v) is 9.29. The molecule has 0 unspecified atom stereocenters. The van der Waals surface area contributed by atoms with Gasteiger partial charge in [0.2, 0.25) is 5.91 Å². The molecule has 29 heavy (non-hydrogen) atoms. The number of hydrogen-bond acceptors (Lipinski definition) is 4. The molecule has 152 valence electrons. The summed E-state index contributed by atoms with van der Waals surface area (Å²) in [6.45, 7) is 1.20. The molecule has 4 rings (SSSR count). The molecule has 1 aromatic heterocycles. The minimum atomic E-state index is -3.48. The Hall–Kier alpha value is -1.74. The van der Waals surface area contributed by atoms with Crippen LogP contribution in [0.5, 0.6) is 0 Å². The molecule has 1 N–H and O–H groups in total. The van der Waals surface area contributed by atoms with Crippen molar-refractivity contribution < 1.29 is 13.2 Å². The van der Waals surface area contributed by atoms with E-state index in [9.17, 15) is 13.2 Å². The summed E-state index contributed by atoms with van der Waals surface area (Å²) in [5.74, 6) is -0.166. The molecule has 0 atom stereocenters. The Balaban J connectivity index is 1.36. The molecule has 2 aromatic carbocycles. The summed E-state index contributed by atoms with van der Waals surface area (Å²) >= 11 is 4.52. The Bertz CT molecular complexity index is 1130. The Morgan fingerprint density at radius 2 is 1.79 bits per heavy atom. The molecule has 1 fully saturated rings. The van der Waals surface area contributed by atoms with Crippen LogP contribution in [0.3, 0.4) is 0 Å². The number of amides is 1. The van der Waals surface area contributed by atoms with Gasteiger partial charge in [-0.25, -0.2) is 8.42 Å². The summed E-state index contributed by atoms with van der Waals surface area (Å²) in [4.78, 5) is 12.7. The maximum absolute atomic E-state index is 12.7. The molecule has 1 aliphatic heterocycles. The fourth-order valence-corrected chi connectivity index (χ4v) is 7.33. The summed E-state index contributed by atoms with van der Waals surface area (Å²) in [5.41, 5.74) is 1.08. The Morgan fingerprint density at radius 3 is 2.52 bits per heavy atom. The zero-order chi connectivity index (χ0) is 20.4. The van der Waals surface area contributed by atoms with E-state index in [-0.39, 0.29) is 11.8 Å². The van der Waals surface area contributed by atoms with Crippen molar-refractivity contribution in [1.82, 2.24) is 9.62 Å². The van der Waals surface area contributed by atoms with Crippen LogP contribution in [0, 0.1) is 5.92 Å².